The first-order valence-corrected chi connectivity index (χ1v) is 6.70. The Kier molecular flexibility index (Phi) is 3.58. The lowest BCUT2D eigenvalue weighted by molar-refractivity contribution is 0.486. The van der Waals surface area contributed by atoms with Gasteiger partial charge in [0.05, 0.1) is 6.54 Å². The molecule has 2 aromatic heterocycles. The van der Waals surface area contributed by atoms with Crippen molar-refractivity contribution >= 4 is 22.5 Å². The fraction of sp³-hybridized carbons (Fsp3) is 0.200. The van der Waals surface area contributed by atoms with Gasteiger partial charge in [-0.15, -0.1) is 0 Å². The molecule has 2 N–H and O–H groups in total. The number of furan rings is 1. The highest BCUT2D eigenvalue weighted by Crippen LogP contribution is 2.17. The van der Waals surface area contributed by atoms with Crippen molar-refractivity contribution in [2.45, 2.75) is 13.0 Å². The largest absolute Gasteiger partial charge is 0.448 e. The quantitative estimate of drug-likeness (QED) is 0.696. The van der Waals surface area contributed by atoms with E-state index in [-0.39, 0.29) is 0 Å². The van der Waals surface area contributed by atoms with Gasteiger partial charge in [0.25, 0.3) is 0 Å². The molecule has 0 fully saturated rings. The predicted molar refractivity (Wildman–Crippen MR) is 77.4 cm³/mol. The van der Waals surface area contributed by atoms with Crippen molar-refractivity contribution in [3.05, 3.63) is 59.1 Å². The van der Waals surface area contributed by atoms with E-state index in [0.717, 1.165) is 18.7 Å². The SMILES string of the molecule is Clc1ccc(CNCCc2c[nH]c3ccccc23)o1. The Hall–Kier alpha value is -1.71. The van der Waals surface area contributed by atoms with Crippen molar-refractivity contribution < 1.29 is 4.42 Å². The number of aromatic nitrogens is 1. The van der Waals surface area contributed by atoms with E-state index in [0.29, 0.717) is 11.8 Å². The first-order chi connectivity index (χ1) is 9.33. The molecule has 0 atom stereocenters. The molecule has 4 heteroatoms. The zero-order chi connectivity index (χ0) is 13.1. The van der Waals surface area contributed by atoms with E-state index in [2.05, 4.69) is 34.7 Å². The van der Waals surface area contributed by atoms with E-state index in [1.165, 1.54) is 16.5 Å². The number of para-hydroxylation sites is 1. The van der Waals surface area contributed by atoms with Crippen LogP contribution in [0.1, 0.15) is 11.3 Å². The van der Waals surface area contributed by atoms with Gasteiger partial charge in [0.2, 0.25) is 0 Å². The number of hydrogen-bond acceptors (Lipinski definition) is 2. The molecule has 0 radical (unpaired) electrons. The lowest BCUT2D eigenvalue weighted by Crippen LogP contribution is -2.16. The Morgan fingerprint density at radius 1 is 1.16 bits per heavy atom. The van der Waals surface area contributed by atoms with E-state index in [9.17, 15) is 0 Å². The molecule has 0 bridgehead atoms. The average molecular weight is 275 g/mol. The number of hydrogen-bond donors (Lipinski definition) is 2. The van der Waals surface area contributed by atoms with Crippen molar-refractivity contribution in [1.29, 1.82) is 0 Å². The number of rotatable bonds is 5. The molecule has 3 rings (SSSR count). The molecular formula is C15H15ClN2O. The molecule has 0 spiro atoms. The number of fused-ring (bicyclic) bond motifs is 1. The summed E-state index contributed by atoms with van der Waals surface area (Å²) in [5.41, 5.74) is 2.52. The fourth-order valence-electron chi connectivity index (χ4n) is 2.22. The minimum Gasteiger partial charge on any atom is -0.448 e. The summed E-state index contributed by atoms with van der Waals surface area (Å²) in [7, 11) is 0. The van der Waals surface area contributed by atoms with Crippen LogP contribution in [0.3, 0.4) is 0 Å². The van der Waals surface area contributed by atoms with Crippen molar-refractivity contribution in [2.75, 3.05) is 6.54 Å². The summed E-state index contributed by atoms with van der Waals surface area (Å²) in [4.78, 5) is 3.29. The number of benzene rings is 1. The smallest absolute Gasteiger partial charge is 0.193 e. The summed E-state index contributed by atoms with van der Waals surface area (Å²) in [5, 5.41) is 5.09. The Morgan fingerprint density at radius 3 is 2.89 bits per heavy atom. The molecule has 98 valence electrons. The number of H-pyrrole nitrogens is 1. The first kappa shape index (κ1) is 12.3. The van der Waals surface area contributed by atoms with Gasteiger partial charge in [0.1, 0.15) is 5.76 Å². The molecule has 19 heavy (non-hydrogen) atoms. The highest BCUT2D eigenvalue weighted by atomic mass is 35.5. The summed E-state index contributed by atoms with van der Waals surface area (Å²) < 4.78 is 5.29. The molecule has 0 aliphatic rings. The number of aromatic amines is 1. The van der Waals surface area contributed by atoms with Crippen LogP contribution in [-0.4, -0.2) is 11.5 Å². The van der Waals surface area contributed by atoms with Crippen molar-refractivity contribution in [3.8, 4) is 0 Å². The Bertz CT molecular complexity index is 671. The van der Waals surface area contributed by atoms with Gasteiger partial charge in [0.15, 0.2) is 5.22 Å². The Morgan fingerprint density at radius 2 is 2.05 bits per heavy atom. The van der Waals surface area contributed by atoms with Gasteiger partial charge in [0, 0.05) is 17.1 Å². The maximum Gasteiger partial charge on any atom is 0.193 e. The van der Waals surface area contributed by atoms with E-state index < -0.39 is 0 Å². The lowest BCUT2D eigenvalue weighted by atomic mass is 10.1. The van der Waals surface area contributed by atoms with Crippen LogP contribution in [0.5, 0.6) is 0 Å². The van der Waals surface area contributed by atoms with Crippen LogP contribution < -0.4 is 5.32 Å². The topological polar surface area (TPSA) is 41.0 Å². The summed E-state index contributed by atoms with van der Waals surface area (Å²) in [6, 6.07) is 12.0. The van der Waals surface area contributed by atoms with Crippen molar-refractivity contribution in [3.63, 3.8) is 0 Å². The Balaban J connectivity index is 1.55. The first-order valence-electron chi connectivity index (χ1n) is 6.33. The van der Waals surface area contributed by atoms with Crippen molar-refractivity contribution in [2.24, 2.45) is 0 Å². The summed E-state index contributed by atoms with van der Waals surface area (Å²) in [6.45, 7) is 1.61. The van der Waals surface area contributed by atoms with E-state index in [1.54, 1.807) is 6.07 Å². The molecule has 1 aromatic carbocycles. The fourth-order valence-corrected chi connectivity index (χ4v) is 2.38. The maximum atomic E-state index is 5.72. The highest BCUT2D eigenvalue weighted by molar-refractivity contribution is 6.28. The van der Waals surface area contributed by atoms with Gasteiger partial charge >= 0.3 is 0 Å². The predicted octanol–water partition coefficient (Wildman–Crippen LogP) is 3.75. The minimum atomic E-state index is 0.438. The second kappa shape index (κ2) is 5.51. The van der Waals surface area contributed by atoms with Crippen LogP contribution in [0, 0.1) is 0 Å². The highest BCUT2D eigenvalue weighted by Gasteiger charge is 2.03. The van der Waals surface area contributed by atoms with E-state index >= 15 is 0 Å². The Labute approximate surface area is 116 Å². The van der Waals surface area contributed by atoms with Gasteiger partial charge in [-0.25, -0.2) is 0 Å². The summed E-state index contributed by atoms with van der Waals surface area (Å²) >= 11 is 5.72. The molecule has 0 saturated carbocycles. The molecule has 0 aliphatic carbocycles. The zero-order valence-electron chi connectivity index (χ0n) is 10.4. The molecule has 0 unspecified atom stereocenters. The van der Waals surface area contributed by atoms with E-state index in [1.807, 2.05) is 12.1 Å². The zero-order valence-corrected chi connectivity index (χ0v) is 11.2. The molecule has 0 aliphatic heterocycles. The lowest BCUT2D eigenvalue weighted by Gasteiger charge is -2.02. The van der Waals surface area contributed by atoms with Crippen LogP contribution in [0.4, 0.5) is 0 Å². The van der Waals surface area contributed by atoms with Crippen LogP contribution in [0.25, 0.3) is 10.9 Å². The van der Waals surface area contributed by atoms with Gasteiger partial charge in [-0.3, -0.25) is 0 Å². The van der Waals surface area contributed by atoms with Gasteiger partial charge in [-0.2, -0.15) is 0 Å². The average Bonchev–Trinajstić information content (AvgIpc) is 3.02. The molecule has 0 amide bonds. The number of nitrogens with one attached hydrogen (secondary N) is 2. The maximum absolute atomic E-state index is 5.72. The number of halogens is 1. The van der Waals surface area contributed by atoms with Crippen LogP contribution in [0.2, 0.25) is 5.22 Å². The van der Waals surface area contributed by atoms with Crippen LogP contribution in [0.15, 0.2) is 47.0 Å². The molecule has 3 aromatic rings. The summed E-state index contributed by atoms with van der Waals surface area (Å²) in [5.74, 6) is 0.865. The van der Waals surface area contributed by atoms with Crippen molar-refractivity contribution in [1.82, 2.24) is 10.3 Å². The standard InChI is InChI=1S/C15H15ClN2O/c16-15-6-5-12(19-15)10-17-8-7-11-9-18-14-4-2-1-3-13(11)14/h1-6,9,17-18H,7-8,10H2. The van der Waals surface area contributed by atoms with Crippen LogP contribution in [-0.2, 0) is 13.0 Å². The van der Waals surface area contributed by atoms with E-state index in [4.69, 9.17) is 16.0 Å². The molecular weight excluding hydrogens is 260 g/mol. The second-order valence-corrected chi connectivity index (χ2v) is 4.86. The molecule has 2 heterocycles. The van der Waals surface area contributed by atoms with Gasteiger partial charge in [-0.05, 0) is 48.3 Å². The third-order valence-electron chi connectivity index (χ3n) is 3.17. The minimum absolute atomic E-state index is 0.438. The molecule has 3 nitrogen and oxygen atoms in total. The van der Waals surface area contributed by atoms with Gasteiger partial charge in [-0.1, -0.05) is 18.2 Å². The third kappa shape index (κ3) is 2.83. The monoisotopic (exact) mass is 274 g/mol. The third-order valence-corrected chi connectivity index (χ3v) is 3.38. The summed E-state index contributed by atoms with van der Waals surface area (Å²) in [6.07, 6.45) is 3.06. The van der Waals surface area contributed by atoms with Gasteiger partial charge < -0.3 is 14.7 Å². The second-order valence-electron chi connectivity index (χ2n) is 4.49. The normalized spacial score (nSPS) is 11.2. The van der Waals surface area contributed by atoms with Crippen LogP contribution >= 0.6 is 11.6 Å². The molecule has 0 saturated heterocycles.